The molecule has 1 atom stereocenters. The molecule has 1 unspecified atom stereocenters. The molecular weight excluding hydrogens is 206 g/mol. The van der Waals surface area contributed by atoms with E-state index in [0.29, 0.717) is 0 Å². The summed E-state index contributed by atoms with van der Waals surface area (Å²) in [7, 11) is 0. The number of rotatable bonds is 4. The van der Waals surface area contributed by atoms with E-state index in [-0.39, 0.29) is 6.04 Å². The van der Waals surface area contributed by atoms with Gasteiger partial charge in [-0.05, 0) is 47.5 Å². The Labute approximate surface area is 93.9 Å². The minimum atomic E-state index is 0.191. The van der Waals surface area contributed by atoms with Crippen LogP contribution in [0, 0.1) is 6.92 Å². The molecule has 0 radical (unpaired) electrons. The van der Waals surface area contributed by atoms with Gasteiger partial charge in [0.25, 0.3) is 0 Å². The molecule has 0 fully saturated rings. The lowest BCUT2D eigenvalue weighted by Gasteiger charge is -2.15. The van der Waals surface area contributed by atoms with E-state index in [0.717, 1.165) is 12.3 Å². The van der Waals surface area contributed by atoms with E-state index in [9.17, 15) is 0 Å². The van der Waals surface area contributed by atoms with Crippen LogP contribution in [0.15, 0.2) is 33.6 Å². The lowest BCUT2D eigenvalue weighted by molar-refractivity contribution is 0.450. The number of furan rings is 1. The van der Waals surface area contributed by atoms with Crippen LogP contribution in [0.1, 0.15) is 29.9 Å². The zero-order valence-corrected chi connectivity index (χ0v) is 9.80. The predicted octanol–water partition coefficient (Wildman–Crippen LogP) is 3.35. The van der Waals surface area contributed by atoms with E-state index in [1.54, 1.807) is 17.6 Å². The highest BCUT2D eigenvalue weighted by Crippen LogP contribution is 2.26. The lowest BCUT2D eigenvalue weighted by atomic mass is 10.1. The van der Waals surface area contributed by atoms with Gasteiger partial charge in [-0.15, -0.1) is 0 Å². The Morgan fingerprint density at radius 1 is 1.47 bits per heavy atom. The Kier molecular flexibility index (Phi) is 3.23. The van der Waals surface area contributed by atoms with Crippen molar-refractivity contribution in [3.8, 4) is 0 Å². The summed E-state index contributed by atoms with van der Waals surface area (Å²) in [5.74, 6) is 1.02. The van der Waals surface area contributed by atoms with Gasteiger partial charge in [-0.3, -0.25) is 0 Å². The van der Waals surface area contributed by atoms with Crippen LogP contribution in [-0.4, -0.2) is 6.54 Å². The third-order valence-electron chi connectivity index (χ3n) is 2.45. The molecule has 0 amide bonds. The highest BCUT2D eigenvalue weighted by molar-refractivity contribution is 7.08. The molecule has 0 saturated carbocycles. The maximum Gasteiger partial charge on any atom is 0.128 e. The SMILES string of the molecule is CCNC(c1ccsc1)c1occc1C. The average Bonchev–Trinajstić information content (AvgIpc) is 2.85. The standard InChI is InChI=1S/C12H15NOS/c1-3-13-11(10-5-7-15-8-10)12-9(2)4-6-14-12/h4-8,11,13H,3H2,1-2H3. The molecule has 0 bridgehead atoms. The number of nitrogens with one attached hydrogen (secondary N) is 1. The molecule has 0 saturated heterocycles. The first-order chi connectivity index (χ1) is 7.33. The molecule has 2 nitrogen and oxygen atoms in total. The Balaban J connectivity index is 2.32. The van der Waals surface area contributed by atoms with Crippen molar-refractivity contribution < 1.29 is 4.42 Å². The predicted molar refractivity (Wildman–Crippen MR) is 63.3 cm³/mol. The van der Waals surface area contributed by atoms with E-state index in [1.165, 1.54) is 11.1 Å². The van der Waals surface area contributed by atoms with Crippen molar-refractivity contribution in [2.24, 2.45) is 0 Å². The van der Waals surface area contributed by atoms with Crippen molar-refractivity contribution in [1.29, 1.82) is 0 Å². The van der Waals surface area contributed by atoms with Gasteiger partial charge in [0.2, 0.25) is 0 Å². The minimum Gasteiger partial charge on any atom is -0.467 e. The Morgan fingerprint density at radius 2 is 2.33 bits per heavy atom. The van der Waals surface area contributed by atoms with Gasteiger partial charge in [-0.1, -0.05) is 6.92 Å². The van der Waals surface area contributed by atoms with E-state index in [1.807, 2.05) is 6.07 Å². The molecule has 0 spiro atoms. The first-order valence-electron chi connectivity index (χ1n) is 5.12. The van der Waals surface area contributed by atoms with Crippen LogP contribution in [0.25, 0.3) is 0 Å². The number of hydrogen-bond donors (Lipinski definition) is 1. The van der Waals surface area contributed by atoms with Gasteiger partial charge < -0.3 is 9.73 Å². The maximum atomic E-state index is 5.54. The topological polar surface area (TPSA) is 25.2 Å². The second-order valence-corrected chi connectivity index (χ2v) is 4.30. The summed E-state index contributed by atoms with van der Waals surface area (Å²) >= 11 is 1.72. The van der Waals surface area contributed by atoms with Crippen LogP contribution in [-0.2, 0) is 0 Å². The summed E-state index contributed by atoms with van der Waals surface area (Å²) in [5, 5.41) is 7.70. The molecule has 3 heteroatoms. The molecule has 80 valence electrons. The van der Waals surface area contributed by atoms with Gasteiger partial charge >= 0.3 is 0 Å². The van der Waals surface area contributed by atoms with Crippen molar-refractivity contribution in [3.63, 3.8) is 0 Å². The molecule has 0 aliphatic rings. The highest BCUT2D eigenvalue weighted by atomic mass is 32.1. The van der Waals surface area contributed by atoms with Crippen molar-refractivity contribution in [3.05, 3.63) is 46.0 Å². The first-order valence-corrected chi connectivity index (χ1v) is 6.06. The van der Waals surface area contributed by atoms with Crippen LogP contribution in [0.3, 0.4) is 0 Å². The van der Waals surface area contributed by atoms with Crippen molar-refractivity contribution in [2.45, 2.75) is 19.9 Å². The molecule has 2 heterocycles. The number of hydrogen-bond acceptors (Lipinski definition) is 3. The maximum absolute atomic E-state index is 5.54. The average molecular weight is 221 g/mol. The molecular formula is C12H15NOS. The van der Waals surface area contributed by atoms with Crippen LogP contribution >= 0.6 is 11.3 Å². The second-order valence-electron chi connectivity index (χ2n) is 3.52. The third-order valence-corrected chi connectivity index (χ3v) is 3.15. The van der Waals surface area contributed by atoms with E-state index < -0.39 is 0 Å². The van der Waals surface area contributed by atoms with Gasteiger partial charge in [0, 0.05) is 0 Å². The van der Waals surface area contributed by atoms with Crippen LogP contribution < -0.4 is 5.32 Å². The molecule has 0 aliphatic heterocycles. The van der Waals surface area contributed by atoms with Gasteiger partial charge in [0.05, 0.1) is 12.3 Å². The molecule has 2 rings (SSSR count). The van der Waals surface area contributed by atoms with E-state index in [2.05, 4.69) is 36.0 Å². The Bertz CT molecular complexity index is 405. The fourth-order valence-corrected chi connectivity index (χ4v) is 2.37. The third kappa shape index (κ3) is 2.13. The highest BCUT2D eigenvalue weighted by Gasteiger charge is 2.18. The zero-order valence-electron chi connectivity index (χ0n) is 8.99. The normalized spacial score (nSPS) is 12.9. The smallest absolute Gasteiger partial charge is 0.128 e. The summed E-state index contributed by atoms with van der Waals surface area (Å²) in [6, 6.07) is 4.34. The molecule has 2 aromatic heterocycles. The molecule has 2 aromatic rings. The molecule has 0 aromatic carbocycles. The van der Waals surface area contributed by atoms with E-state index in [4.69, 9.17) is 4.42 Å². The van der Waals surface area contributed by atoms with Crippen LogP contribution in [0.2, 0.25) is 0 Å². The molecule has 0 aliphatic carbocycles. The van der Waals surface area contributed by atoms with Gasteiger partial charge in [-0.2, -0.15) is 11.3 Å². The number of aryl methyl sites for hydroxylation is 1. The summed E-state index contributed by atoms with van der Waals surface area (Å²) in [5.41, 5.74) is 2.48. The van der Waals surface area contributed by atoms with Crippen molar-refractivity contribution in [2.75, 3.05) is 6.54 Å². The Hall–Kier alpha value is -1.06. The van der Waals surface area contributed by atoms with Gasteiger partial charge in [-0.25, -0.2) is 0 Å². The van der Waals surface area contributed by atoms with Crippen LogP contribution in [0.5, 0.6) is 0 Å². The fourth-order valence-electron chi connectivity index (χ4n) is 1.69. The van der Waals surface area contributed by atoms with Gasteiger partial charge in [0.15, 0.2) is 0 Å². The number of thiophene rings is 1. The zero-order chi connectivity index (χ0) is 10.7. The summed E-state index contributed by atoms with van der Waals surface area (Å²) in [4.78, 5) is 0. The monoisotopic (exact) mass is 221 g/mol. The largest absolute Gasteiger partial charge is 0.467 e. The molecule has 15 heavy (non-hydrogen) atoms. The van der Waals surface area contributed by atoms with Crippen molar-refractivity contribution >= 4 is 11.3 Å². The summed E-state index contributed by atoms with van der Waals surface area (Å²) in [6.45, 7) is 5.12. The molecule has 1 N–H and O–H groups in total. The summed E-state index contributed by atoms with van der Waals surface area (Å²) < 4.78 is 5.54. The lowest BCUT2D eigenvalue weighted by Crippen LogP contribution is -2.21. The van der Waals surface area contributed by atoms with Crippen LogP contribution in [0.4, 0.5) is 0 Å². The second kappa shape index (κ2) is 4.64. The first kappa shape index (κ1) is 10.5. The quantitative estimate of drug-likeness (QED) is 0.856. The van der Waals surface area contributed by atoms with Crippen molar-refractivity contribution in [1.82, 2.24) is 5.32 Å². The fraction of sp³-hybridized carbons (Fsp3) is 0.333. The van der Waals surface area contributed by atoms with Gasteiger partial charge in [0.1, 0.15) is 5.76 Å². The van der Waals surface area contributed by atoms with E-state index >= 15 is 0 Å². The summed E-state index contributed by atoms with van der Waals surface area (Å²) in [6.07, 6.45) is 1.75. The Morgan fingerprint density at radius 3 is 2.87 bits per heavy atom. The minimum absolute atomic E-state index is 0.191.